The lowest BCUT2D eigenvalue weighted by molar-refractivity contribution is 0.595. The highest BCUT2D eigenvalue weighted by atomic mass is 32.2. The highest BCUT2D eigenvalue weighted by molar-refractivity contribution is 8.00. The summed E-state index contributed by atoms with van der Waals surface area (Å²) in [6, 6.07) is 3.54. The van der Waals surface area contributed by atoms with Crippen LogP contribution in [0.15, 0.2) is 28.3 Å². The van der Waals surface area contributed by atoms with Crippen LogP contribution in [0, 0.1) is 0 Å². The van der Waals surface area contributed by atoms with Crippen LogP contribution < -0.4 is 0 Å². The van der Waals surface area contributed by atoms with Gasteiger partial charge >= 0.3 is 0 Å². The number of aromatic nitrogens is 1. The Morgan fingerprint density at radius 1 is 1.43 bits per heavy atom. The number of hydrogen-bond acceptors (Lipinski definition) is 4. The molecular weight excluding hydrogens is 218 g/mol. The topological polar surface area (TPSA) is 47.0 Å². The first-order valence-electron chi connectivity index (χ1n) is 4.23. The van der Waals surface area contributed by atoms with Gasteiger partial charge in [0.1, 0.15) is 0 Å². The van der Waals surface area contributed by atoms with Gasteiger partial charge in [0.15, 0.2) is 14.9 Å². The number of hydrogen-bond donors (Lipinski definition) is 0. The Bertz CT molecular complexity index is 413. The van der Waals surface area contributed by atoms with E-state index in [1.54, 1.807) is 12.1 Å². The molecule has 1 rings (SSSR count). The van der Waals surface area contributed by atoms with Crippen molar-refractivity contribution >= 4 is 21.6 Å². The van der Waals surface area contributed by atoms with Crippen LogP contribution in [-0.2, 0) is 9.84 Å². The molecule has 1 heterocycles. The molecule has 0 aromatic carbocycles. The summed E-state index contributed by atoms with van der Waals surface area (Å²) >= 11 is 1.51. The lowest BCUT2D eigenvalue weighted by Crippen LogP contribution is -2.03. The Labute approximate surface area is 88.9 Å². The molecule has 0 unspecified atom stereocenters. The second kappa shape index (κ2) is 4.31. The third-order valence-corrected chi connectivity index (χ3v) is 3.66. The molecule has 5 heteroatoms. The number of thioether (sulfide) groups is 1. The van der Waals surface area contributed by atoms with Crippen molar-refractivity contribution in [2.45, 2.75) is 29.0 Å². The maximum atomic E-state index is 11.4. The number of pyridine rings is 1. The smallest absolute Gasteiger partial charge is 0.193 e. The second-order valence-electron chi connectivity index (χ2n) is 3.25. The Balaban J connectivity index is 3.17. The molecule has 0 aliphatic rings. The molecule has 0 amide bonds. The number of nitrogens with zero attached hydrogens (tertiary/aromatic N) is 1. The molecule has 78 valence electrons. The zero-order valence-corrected chi connectivity index (χ0v) is 10.0. The van der Waals surface area contributed by atoms with Crippen molar-refractivity contribution in [3.05, 3.63) is 18.3 Å². The van der Waals surface area contributed by atoms with E-state index in [0.29, 0.717) is 5.25 Å². The summed E-state index contributed by atoms with van der Waals surface area (Å²) in [5.41, 5.74) is 0. The zero-order chi connectivity index (χ0) is 10.8. The van der Waals surface area contributed by atoms with Gasteiger partial charge in [0.25, 0.3) is 0 Å². The van der Waals surface area contributed by atoms with Crippen LogP contribution >= 0.6 is 11.8 Å². The standard InChI is InChI=1S/C9H13NO2S2/c1-7(2)13-8-5-4-6-10-9(8)14(3,11)12/h4-7H,1-3H3. The lowest BCUT2D eigenvalue weighted by Gasteiger charge is -2.07. The van der Waals surface area contributed by atoms with Gasteiger partial charge < -0.3 is 0 Å². The Kier molecular flexibility index (Phi) is 3.55. The largest absolute Gasteiger partial charge is 0.244 e. The van der Waals surface area contributed by atoms with E-state index in [4.69, 9.17) is 0 Å². The molecule has 0 spiro atoms. The fourth-order valence-electron chi connectivity index (χ4n) is 0.998. The first-order chi connectivity index (χ1) is 6.41. The minimum Gasteiger partial charge on any atom is -0.244 e. The summed E-state index contributed by atoms with van der Waals surface area (Å²) < 4.78 is 22.7. The summed E-state index contributed by atoms with van der Waals surface area (Å²) in [6.45, 7) is 4.04. The van der Waals surface area contributed by atoms with Gasteiger partial charge in [0.05, 0.1) is 0 Å². The molecule has 1 aromatic heterocycles. The average Bonchev–Trinajstić information content (AvgIpc) is 2.01. The minimum atomic E-state index is -3.21. The normalized spacial score (nSPS) is 12.0. The number of rotatable bonds is 3. The van der Waals surface area contributed by atoms with Crippen LogP contribution in [0.1, 0.15) is 13.8 Å². The molecule has 0 saturated carbocycles. The number of sulfone groups is 1. The van der Waals surface area contributed by atoms with E-state index in [-0.39, 0.29) is 5.03 Å². The van der Waals surface area contributed by atoms with Gasteiger partial charge in [-0.2, -0.15) is 0 Å². The van der Waals surface area contributed by atoms with E-state index in [2.05, 4.69) is 4.98 Å². The summed E-state index contributed by atoms with van der Waals surface area (Å²) in [7, 11) is -3.21. The maximum absolute atomic E-state index is 11.4. The fraction of sp³-hybridized carbons (Fsp3) is 0.444. The van der Waals surface area contributed by atoms with Gasteiger partial charge in [-0.25, -0.2) is 13.4 Å². The van der Waals surface area contributed by atoms with Crippen molar-refractivity contribution in [3.63, 3.8) is 0 Å². The van der Waals surface area contributed by atoms with Crippen LogP contribution in [-0.4, -0.2) is 24.9 Å². The summed E-state index contributed by atoms with van der Waals surface area (Å²) in [6.07, 6.45) is 2.68. The predicted octanol–water partition coefficient (Wildman–Crippen LogP) is 1.99. The molecule has 0 saturated heterocycles. The monoisotopic (exact) mass is 231 g/mol. The first kappa shape index (κ1) is 11.5. The highest BCUT2D eigenvalue weighted by Gasteiger charge is 2.15. The summed E-state index contributed by atoms with van der Waals surface area (Å²) in [5, 5.41) is 0.526. The van der Waals surface area contributed by atoms with Gasteiger partial charge in [0, 0.05) is 22.6 Å². The Hall–Kier alpha value is -0.550. The predicted molar refractivity (Wildman–Crippen MR) is 58.3 cm³/mol. The molecule has 3 nitrogen and oxygen atoms in total. The van der Waals surface area contributed by atoms with Gasteiger partial charge in [-0.05, 0) is 12.1 Å². The minimum absolute atomic E-state index is 0.179. The lowest BCUT2D eigenvalue weighted by atomic mass is 10.5. The Morgan fingerprint density at radius 3 is 2.57 bits per heavy atom. The highest BCUT2D eigenvalue weighted by Crippen LogP contribution is 2.27. The van der Waals surface area contributed by atoms with E-state index in [0.717, 1.165) is 4.90 Å². The zero-order valence-electron chi connectivity index (χ0n) is 8.39. The van der Waals surface area contributed by atoms with E-state index < -0.39 is 9.84 Å². The molecule has 0 radical (unpaired) electrons. The second-order valence-corrected chi connectivity index (χ2v) is 6.79. The third kappa shape index (κ3) is 2.99. The molecule has 0 bridgehead atoms. The first-order valence-corrected chi connectivity index (χ1v) is 7.00. The van der Waals surface area contributed by atoms with Crippen molar-refractivity contribution in [2.75, 3.05) is 6.26 Å². The molecule has 0 N–H and O–H groups in total. The van der Waals surface area contributed by atoms with Crippen molar-refractivity contribution in [3.8, 4) is 0 Å². The van der Waals surface area contributed by atoms with E-state index in [1.807, 2.05) is 13.8 Å². The van der Waals surface area contributed by atoms with Gasteiger partial charge in [-0.15, -0.1) is 11.8 Å². The fourth-order valence-corrected chi connectivity index (χ4v) is 3.10. The van der Waals surface area contributed by atoms with Crippen LogP contribution in [0.5, 0.6) is 0 Å². The molecule has 0 atom stereocenters. The molecular formula is C9H13NO2S2. The van der Waals surface area contributed by atoms with Crippen LogP contribution in [0.25, 0.3) is 0 Å². The molecule has 0 fully saturated rings. The third-order valence-electron chi connectivity index (χ3n) is 1.45. The molecule has 1 aromatic rings. The average molecular weight is 231 g/mol. The molecule has 0 aliphatic carbocycles. The van der Waals surface area contributed by atoms with Crippen molar-refractivity contribution in [2.24, 2.45) is 0 Å². The summed E-state index contributed by atoms with van der Waals surface area (Å²) in [5.74, 6) is 0. The van der Waals surface area contributed by atoms with Crippen LogP contribution in [0.2, 0.25) is 0 Å². The van der Waals surface area contributed by atoms with Crippen LogP contribution in [0.3, 0.4) is 0 Å². The maximum Gasteiger partial charge on any atom is 0.193 e. The van der Waals surface area contributed by atoms with E-state index >= 15 is 0 Å². The van der Waals surface area contributed by atoms with Crippen molar-refractivity contribution in [1.82, 2.24) is 4.98 Å². The summed E-state index contributed by atoms with van der Waals surface area (Å²) in [4.78, 5) is 4.62. The Morgan fingerprint density at radius 2 is 2.07 bits per heavy atom. The van der Waals surface area contributed by atoms with Crippen LogP contribution in [0.4, 0.5) is 0 Å². The van der Waals surface area contributed by atoms with Crippen molar-refractivity contribution < 1.29 is 8.42 Å². The van der Waals surface area contributed by atoms with E-state index in [9.17, 15) is 8.42 Å². The molecule has 14 heavy (non-hydrogen) atoms. The van der Waals surface area contributed by atoms with Gasteiger partial charge in [-0.3, -0.25) is 0 Å². The molecule has 0 aliphatic heterocycles. The van der Waals surface area contributed by atoms with Crippen molar-refractivity contribution in [1.29, 1.82) is 0 Å². The van der Waals surface area contributed by atoms with Gasteiger partial charge in [0.2, 0.25) is 0 Å². The van der Waals surface area contributed by atoms with E-state index in [1.165, 1.54) is 24.2 Å². The SMILES string of the molecule is CC(C)Sc1cccnc1S(C)(=O)=O. The quantitative estimate of drug-likeness (QED) is 0.746. The van der Waals surface area contributed by atoms with Gasteiger partial charge in [-0.1, -0.05) is 13.8 Å².